The molecule has 0 fully saturated rings. The average molecular weight is 248 g/mol. The standard InChI is InChI=1S/C13H16N2O3/c1-18-8-10(16)7-14-12-6-9-4-2-3-5-11(9)13(17)15-12/h2-6,10,16H,7-8H2,1H3,(H2,14,15,17). The van der Waals surface area contributed by atoms with E-state index >= 15 is 0 Å². The fraction of sp³-hybridized carbons (Fsp3) is 0.308. The van der Waals surface area contributed by atoms with Crippen molar-refractivity contribution in [1.29, 1.82) is 0 Å². The average Bonchev–Trinajstić information content (AvgIpc) is 2.37. The van der Waals surface area contributed by atoms with Crippen molar-refractivity contribution in [3.63, 3.8) is 0 Å². The van der Waals surface area contributed by atoms with Gasteiger partial charge in [-0.3, -0.25) is 4.79 Å². The summed E-state index contributed by atoms with van der Waals surface area (Å²) in [7, 11) is 1.53. The van der Waals surface area contributed by atoms with E-state index in [0.717, 1.165) is 5.39 Å². The highest BCUT2D eigenvalue weighted by atomic mass is 16.5. The number of nitrogens with one attached hydrogen (secondary N) is 2. The van der Waals surface area contributed by atoms with Crippen LogP contribution in [0.25, 0.3) is 10.8 Å². The Kier molecular flexibility index (Phi) is 3.96. The van der Waals surface area contributed by atoms with Crippen LogP contribution in [0, 0.1) is 0 Å². The summed E-state index contributed by atoms with van der Waals surface area (Å²) < 4.78 is 4.82. The SMILES string of the molecule is COCC(O)CNc1cc2ccccc2c(=O)[nH]1. The quantitative estimate of drug-likeness (QED) is 0.736. The Hall–Kier alpha value is -1.85. The fourth-order valence-corrected chi connectivity index (χ4v) is 1.79. The molecule has 0 spiro atoms. The lowest BCUT2D eigenvalue weighted by Crippen LogP contribution is -2.25. The van der Waals surface area contributed by atoms with Gasteiger partial charge in [0.25, 0.3) is 5.56 Å². The minimum absolute atomic E-state index is 0.142. The summed E-state index contributed by atoms with van der Waals surface area (Å²) in [4.78, 5) is 14.5. The summed E-state index contributed by atoms with van der Waals surface area (Å²) in [5.41, 5.74) is -0.142. The Labute approximate surface area is 104 Å². The van der Waals surface area contributed by atoms with Crippen LogP contribution in [0.5, 0.6) is 0 Å². The van der Waals surface area contributed by atoms with Gasteiger partial charge in [-0.1, -0.05) is 18.2 Å². The van der Waals surface area contributed by atoms with E-state index in [1.807, 2.05) is 24.3 Å². The largest absolute Gasteiger partial charge is 0.389 e. The van der Waals surface area contributed by atoms with E-state index in [1.165, 1.54) is 7.11 Å². The van der Waals surface area contributed by atoms with Gasteiger partial charge in [-0.05, 0) is 17.5 Å². The van der Waals surface area contributed by atoms with E-state index < -0.39 is 6.10 Å². The van der Waals surface area contributed by atoms with Gasteiger partial charge >= 0.3 is 0 Å². The number of methoxy groups -OCH3 is 1. The first kappa shape index (κ1) is 12.6. The van der Waals surface area contributed by atoms with E-state index in [9.17, 15) is 9.90 Å². The van der Waals surface area contributed by atoms with E-state index in [2.05, 4.69) is 10.3 Å². The molecule has 0 saturated carbocycles. The van der Waals surface area contributed by atoms with Gasteiger partial charge in [-0.2, -0.15) is 0 Å². The predicted octanol–water partition coefficient (Wildman–Crippen LogP) is 0.947. The molecule has 1 aromatic heterocycles. The summed E-state index contributed by atoms with van der Waals surface area (Å²) >= 11 is 0. The number of aromatic amines is 1. The first-order valence-electron chi connectivity index (χ1n) is 5.73. The number of fused-ring (bicyclic) bond motifs is 1. The number of hydrogen-bond donors (Lipinski definition) is 3. The molecule has 0 saturated heterocycles. The number of aliphatic hydroxyl groups excluding tert-OH is 1. The molecular formula is C13H16N2O3. The van der Waals surface area contributed by atoms with E-state index in [1.54, 1.807) is 6.07 Å². The lowest BCUT2D eigenvalue weighted by Gasteiger charge is -2.12. The molecule has 0 aliphatic carbocycles. The number of ether oxygens (including phenoxy) is 1. The van der Waals surface area contributed by atoms with E-state index in [0.29, 0.717) is 17.7 Å². The van der Waals surface area contributed by atoms with Gasteiger partial charge in [-0.25, -0.2) is 0 Å². The Balaban J connectivity index is 2.17. The van der Waals surface area contributed by atoms with Gasteiger partial charge in [0.1, 0.15) is 5.82 Å². The van der Waals surface area contributed by atoms with Crippen LogP contribution in [0.2, 0.25) is 0 Å². The van der Waals surface area contributed by atoms with Crippen molar-refractivity contribution in [3.8, 4) is 0 Å². The van der Waals surface area contributed by atoms with Crippen LogP contribution in [0.15, 0.2) is 35.1 Å². The molecule has 0 bridgehead atoms. The summed E-state index contributed by atoms with van der Waals surface area (Å²) in [6.45, 7) is 0.576. The van der Waals surface area contributed by atoms with Crippen LogP contribution in [0.4, 0.5) is 5.82 Å². The highest BCUT2D eigenvalue weighted by Gasteiger charge is 2.05. The molecule has 0 amide bonds. The normalized spacial score (nSPS) is 12.6. The zero-order valence-electron chi connectivity index (χ0n) is 10.1. The third-order valence-electron chi connectivity index (χ3n) is 2.64. The highest BCUT2D eigenvalue weighted by molar-refractivity contribution is 5.83. The second-order valence-corrected chi connectivity index (χ2v) is 4.09. The maximum absolute atomic E-state index is 11.8. The number of anilines is 1. The molecule has 18 heavy (non-hydrogen) atoms. The molecule has 1 aromatic carbocycles. The van der Waals surface area contributed by atoms with E-state index in [4.69, 9.17) is 4.74 Å². The number of benzene rings is 1. The van der Waals surface area contributed by atoms with Crippen LogP contribution < -0.4 is 10.9 Å². The smallest absolute Gasteiger partial charge is 0.257 e. The summed E-state index contributed by atoms with van der Waals surface area (Å²) in [6, 6.07) is 9.20. The molecule has 0 aliphatic rings. The number of pyridine rings is 1. The molecule has 2 rings (SSSR count). The molecule has 1 heterocycles. The Morgan fingerprint density at radius 1 is 1.44 bits per heavy atom. The van der Waals surface area contributed by atoms with Crippen molar-refractivity contribution in [2.45, 2.75) is 6.10 Å². The molecule has 0 radical (unpaired) electrons. The third kappa shape index (κ3) is 2.88. The number of aromatic nitrogens is 1. The monoisotopic (exact) mass is 248 g/mol. The lowest BCUT2D eigenvalue weighted by molar-refractivity contribution is 0.0727. The first-order chi connectivity index (χ1) is 8.70. The van der Waals surface area contributed by atoms with Gasteiger partial charge in [0.15, 0.2) is 0 Å². The summed E-state index contributed by atoms with van der Waals surface area (Å²) in [5, 5.41) is 14.0. The molecule has 2 aromatic rings. The lowest BCUT2D eigenvalue weighted by atomic mass is 10.2. The van der Waals surface area contributed by atoms with Crippen molar-refractivity contribution >= 4 is 16.6 Å². The maximum Gasteiger partial charge on any atom is 0.257 e. The second kappa shape index (κ2) is 5.66. The number of H-pyrrole nitrogens is 1. The van der Waals surface area contributed by atoms with Crippen molar-refractivity contribution < 1.29 is 9.84 Å². The van der Waals surface area contributed by atoms with Gasteiger partial charge in [0.2, 0.25) is 0 Å². The molecular weight excluding hydrogens is 232 g/mol. The van der Waals surface area contributed by atoms with Gasteiger partial charge in [-0.15, -0.1) is 0 Å². The van der Waals surface area contributed by atoms with Crippen LogP contribution in [0.3, 0.4) is 0 Å². The van der Waals surface area contributed by atoms with Gasteiger partial charge in [0.05, 0.1) is 12.7 Å². The fourth-order valence-electron chi connectivity index (χ4n) is 1.79. The number of rotatable bonds is 5. The topological polar surface area (TPSA) is 74.3 Å². The summed E-state index contributed by atoms with van der Waals surface area (Å²) in [5.74, 6) is 0.592. The van der Waals surface area contributed by atoms with Crippen molar-refractivity contribution in [2.24, 2.45) is 0 Å². The molecule has 5 heteroatoms. The minimum Gasteiger partial charge on any atom is -0.389 e. The molecule has 0 aliphatic heterocycles. The molecule has 1 atom stereocenters. The highest BCUT2D eigenvalue weighted by Crippen LogP contribution is 2.12. The first-order valence-corrected chi connectivity index (χ1v) is 5.73. The van der Waals surface area contributed by atoms with Crippen LogP contribution in [-0.2, 0) is 4.74 Å². The minimum atomic E-state index is -0.607. The Bertz CT molecular complexity index is 580. The van der Waals surface area contributed by atoms with Crippen molar-refractivity contribution in [3.05, 3.63) is 40.7 Å². The Morgan fingerprint density at radius 2 is 2.22 bits per heavy atom. The molecule has 3 N–H and O–H groups in total. The second-order valence-electron chi connectivity index (χ2n) is 4.09. The van der Waals surface area contributed by atoms with Crippen LogP contribution in [0.1, 0.15) is 0 Å². The third-order valence-corrected chi connectivity index (χ3v) is 2.64. The number of aliphatic hydroxyl groups is 1. The number of hydrogen-bond acceptors (Lipinski definition) is 4. The van der Waals surface area contributed by atoms with Crippen LogP contribution >= 0.6 is 0 Å². The van der Waals surface area contributed by atoms with Crippen LogP contribution in [-0.4, -0.2) is 36.5 Å². The molecule has 1 unspecified atom stereocenters. The zero-order valence-corrected chi connectivity index (χ0v) is 10.1. The van der Waals surface area contributed by atoms with E-state index in [-0.39, 0.29) is 12.2 Å². The Morgan fingerprint density at radius 3 is 3.00 bits per heavy atom. The summed E-state index contributed by atoms with van der Waals surface area (Å²) in [6.07, 6.45) is -0.607. The maximum atomic E-state index is 11.8. The predicted molar refractivity (Wildman–Crippen MR) is 70.9 cm³/mol. The van der Waals surface area contributed by atoms with Gasteiger partial charge in [0, 0.05) is 19.0 Å². The molecule has 96 valence electrons. The van der Waals surface area contributed by atoms with Crippen molar-refractivity contribution in [1.82, 2.24) is 4.98 Å². The van der Waals surface area contributed by atoms with Gasteiger partial charge < -0.3 is 20.1 Å². The molecule has 5 nitrogen and oxygen atoms in total. The van der Waals surface area contributed by atoms with Crippen molar-refractivity contribution in [2.75, 3.05) is 25.6 Å². The zero-order chi connectivity index (χ0) is 13.0.